The number of carboxylic acid groups (broad SMARTS) is 1. The second-order valence-electron chi connectivity index (χ2n) is 5.91. The van der Waals surface area contributed by atoms with Crippen LogP contribution in [0.1, 0.15) is 29.6 Å². The molecule has 2 rings (SSSR count). The summed E-state index contributed by atoms with van der Waals surface area (Å²) < 4.78 is 0. The summed E-state index contributed by atoms with van der Waals surface area (Å²) in [7, 11) is 1.84. The molecule has 1 heterocycles. The number of hydrogen-bond donors (Lipinski definition) is 1. The van der Waals surface area contributed by atoms with E-state index in [1.165, 1.54) is 0 Å². The predicted octanol–water partition coefficient (Wildman–Crippen LogP) is 2.42. The van der Waals surface area contributed by atoms with Crippen molar-refractivity contribution in [1.82, 2.24) is 9.80 Å². The molecule has 1 aromatic carbocycles. The summed E-state index contributed by atoms with van der Waals surface area (Å²) >= 11 is 1.66. The van der Waals surface area contributed by atoms with Gasteiger partial charge in [-0.1, -0.05) is 0 Å². The van der Waals surface area contributed by atoms with E-state index in [1.54, 1.807) is 11.8 Å². The fourth-order valence-corrected chi connectivity index (χ4v) is 3.39. The molecule has 126 valence electrons. The third-order valence-corrected chi connectivity index (χ3v) is 5.07. The molecule has 1 fully saturated rings. The van der Waals surface area contributed by atoms with Crippen molar-refractivity contribution in [3.05, 3.63) is 29.8 Å². The third-order valence-electron chi connectivity index (χ3n) is 4.33. The highest BCUT2D eigenvalue weighted by Gasteiger charge is 2.24. The van der Waals surface area contributed by atoms with Crippen molar-refractivity contribution in [1.29, 1.82) is 0 Å². The van der Waals surface area contributed by atoms with E-state index in [-0.39, 0.29) is 18.5 Å². The number of carboxylic acids is 1. The number of hydrogen-bond acceptors (Lipinski definition) is 4. The molecule has 1 saturated heterocycles. The lowest BCUT2D eigenvalue weighted by Crippen LogP contribution is -2.37. The summed E-state index contributed by atoms with van der Waals surface area (Å²) in [5.41, 5.74) is 0.722. The Hall–Kier alpha value is -1.53. The molecule has 23 heavy (non-hydrogen) atoms. The van der Waals surface area contributed by atoms with Gasteiger partial charge in [-0.05, 0) is 56.8 Å². The Labute approximate surface area is 141 Å². The topological polar surface area (TPSA) is 60.9 Å². The molecule has 0 bridgehead atoms. The number of carbonyl (C=O) groups excluding carboxylic acids is 1. The molecule has 1 unspecified atom stereocenters. The molecular weight excluding hydrogens is 312 g/mol. The number of carbonyl (C=O) groups is 2. The number of rotatable bonds is 5. The summed E-state index contributed by atoms with van der Waals surface area (Å²) in [6.07, 6.45) is 4.67. The van der Waals surface area contributed by atoms with Crippen molar-refractivity contribution in [2.24, 2.45) is 0 Å². The Morgan fingerprint density at radius 3 is 2.57 bits per heavy atom. The Morgan fingerprint density at radius 2 is 1.96 bits per heavy atom. The Bertz CT molecular complexity index is 547. The first-order chi connectivity index (χ1) is 11.0. The van der Waals surface area contributed by atoms with Crippen LogP contribution in [0.5, 0.6) is 0 Å². The van der Waals surface area contributed by atoms with Crippen molar-refractivity contribution in [3.63, 3.8) is 0 Å². The number of aliphatic carboxylic acids is 1. The highest BCUT2D eigenvalue weighted by molar-refractivity contribution is 7.98. The standard InChI is InChI=1S/C17H24N2O3S/c1-18(12-16(20)21)14-4-3-10-19(11-9-14)17(22)13-5-7-15(23-2)8-6-13/h5-8,14H,3-4,9-12H2,1-2H3,(H,20,21). The lowest BCUT2D eigenvalue weighted by atomic mass is 10.1. The van der Waals surface area contributed by atoms with Crippen LogP contribution < -0.4 is 0 Å². The minimum absolute atomic E-state index is 0.0504. The van der Waals surface area contributed by atoms with Gasteiger partial charge in [-0.15, -0.1) is 11.8 Å². The average Bonchev–Trinajstić information content (AvgIpc) is 2.80. The molecule has 1 amide bonds. The maximum absolute atomic E-state index is 12.6. The van der Waals surface area contributed by atoms with Crippen molar-refractivity contribution >= 4 is 23.6 Å². The van der Waals surface area contributed by atoms with Crippen molar-refractivity contribution < 1.29 is 14.7 Å². The minimum atomic E-state index is -0.807. The molecule has 0 spiro atoms. The maximum atomic E-state index is 12.6. The summed E-state index contributed by atoms with van der Waals surface area (Å²) in [6, 6.07) is 7.93. The maximum Gasteiger partial charge on any atom is 0.317 e. The van der Waals surface area contributed by atoms with Crippen LogP contribution in [0.4, 0.5) is 0 Å². The van der Waals surface area contributed by atoms with Crippen LogP contribution in [0.25, 0.3) is 0 Å². The van der Waals surface area contributed by atoms with E-state index in [1.807, 2.05) is 47.4 Å². The van der Waals surface area contributed by atoms with Gasteiger partial charge in [0.15, 0.2) is 0 Å². The number of amides is 1. The van der Waals surface area contributed by atoms with E-state index >= 15 is 0 Å². The number of thioether (sulfide) groups is 1. The molecule has 5 nitrogen and oxygen atoms in total. The lowest BCUT2D eigenvalue weighted by molar-refractivity contribution is -0.138. The highest BCUT2D eigenvalue weighted by atomic mass is 32.2. The van der Waals surface area contributed by atoms with Crippen LogP contribution in [-0.4, -0.2) is 65.8 Å². The first-order valence-electron chi connectivity index (χ1n) is 7.86. The molecule has 1 N–H and O–H groups in total. The third kappa shape index (κ3) is 4.97. The van der Waals surface area contributed by atoms with Crippen molar-refractivity contribution in [2.75, 3.05) is 32.9 Å². The van der Waals surface area contributed by atoms with Crippen LogP contribution in [0.15, 0.2) is 29.2 Å². The number of benzene rings is 1. The van der Waals surface area contributed by atoms with E-state index in [9.17, 15) is 9.59 Å². The Balaban J connectivity index is 1.96. The lowest BCUT2D eigenvalue weighted by Gasteiger charge is -2.25. The average molecular weight is 336 g/mol. The van der Waals surface area contributed by atoms with Crippen LogP contribution >= 0.6 is 11.8 Å². The molecule has 1 aliphatic rings. The zero-order valence-corrected chi connectivity index (χ0v) is 14.5. The predicted molar refractivity (Wildman–Crippen MR) is 92.0 cm³/mol. The molecular formula is C17H24N2O3S. The molecule has 1 atom stereocenters. The summed E-state index contributed by atoms with van der Waals surface area (Å²) in [5.74, 6) is -0.738. The minimum Gasteiger partial charge on any atom is -0.480 e. The second-order valence-corrected chi connectivity index (χ2v) is 6.79. The van der Waals surface area contributed by atoms with E-state index < -0.39 is 5.97 Å². The fourth-order valence-electron chi connectivity index (χ4n) is 2.98. The van der Waals surface area contributed by atoms with Crippen LogP contribution in [0, 0.1) is 0 Å². The fraction of sp³-hybridized carbons (Fsp3) is 0.529. The monoisotopic (exact) mass is 336 g/mol. The molecule has 0 aromatic heterocycles. The normalized spacial score (nSPS) is 18.7. The summed E-state index contributed by atoms with van der Waals surface area (Å²) in [6.45, 7) is 1.47. The zero-order chi connectivity index (χ0) is 16.8. The largest absolute Gasteiger partial charge is 0.480 e. The number of nitrogens with zero attached hydrogens (tertiary/aromatic N) is 2. The van der Waals surface area contributed by atoms with Gasteiger partial charge in [-0.3, -0.25) is 14.5 Å². The summed E-state index contributed by atoms with van der Waals surface area (Å²) in [4.78, 5) is 28.4. The number of likely N-dealkylation sites (tertiary alicyclic amines) is 1. The summed E-state index contributed by atoms with van der Waals surface area (Å²) in [5, 5.41) is 8.91. The zero-order valence-electron chi connectivity index (χ0n) is 13.7. The van der Waals surface area contributed by atoms with Crippen LogP contribution in [-0.2, 0) is 4.79 Å². The van der Waals surface area contributed by atoms with Gasteiger partial charge < -0.3 is 10.0 Å². The molecule has 1 aliphatic heterocycles. The van der Waals surface area contributed by atoms with Gasteiger partial charge in [0.2, 0.25) is 0 Å². The molecule has 6 heteroatoms. The molecule has 0 saturated carbocycles. The van der Waals surface area contributed by atoms with Crippen LogP contribution in [0.2, 0.25) is 0 Å². The van der Waals surface area contributed by atoms with E-state index in [2.05, 4.69) is 0 Å². The van der Waals surface area contributed by atoms with Gasteiger partial charge in [-0.2, -0.15) is 0 Å². The Kier molecular flexibility index (Phi) is 6.47. The smallest absolute Gasteiger partial charge is 0.317 e. The van der Waals surface area contributed by atoms with Crippen LogP contribution in [0.3, 0.4) is 0 Å². The highest BCUT2D eigenvalue weighted by Crippen LogP contribution is 2.19. The molecule has 1 aromatic rings. The van der Waals surface area contributed by atoms with Crippen molar-refractivity contribution in [3.8, 4) is 0 Å². The van der Waals surface area contributed by atoms with Gasteiger partial charge >= 0.3 is 5.97 Å². The van der Waals surface area contributed by atoms with Gasteiger partial charge in [0, 0.05) is 29.6 Å². The van der Waals surface area contributed by atoms with E-state index in [0.29, 0.717) is 6.54 Å². The van der Waals surface area contributed by atoms with Gasteiger partial charge in [0.1, 0.15) is 0 Å². The van der Waals surface area contributed by atoms with E-state index in [0.717, 1.165) is 36.3 Å². The second kappa shape index (κ2) is 8.36. The molecule has 0 radical (unpaired) electrons. The first kappa shape index (κ1) is 17.8. The van der Waals surface area contributed by atoms with Gasteiger partial charge in [0.05, 0.1) is 6.54 Å². The SMILES string of the molecule is CSc1ccc(C(=O)N2CCCC(N(C)CC(=O)O)CC2)cc1. The molecule has 0 aliphatic carbocycles. The van der Waals surface area contributed by atoms with Gasteiger partial charge in [0.25, 0.3) is 5.91 Å². The van der Waals surface area contributed by atoms with E-state index in [4.69, 9.17) is 5.11 Å². The van der Waals surface area contributed by atoms with Crippen molar-refractivity contribution in [2.45, 2.75) is 30.2 Å². The number of likely N-dealkylation sites (N-methyl/N-ethyl adjacent to an activating group) is 1. The Morgan fingerprint density at radius 1 is 1.26 bits per heavy atom. The van der Waals surface area contributed by atoms with Gasteiger partial charge in [-0.25, -0.2) is 0 Å². The quantitative estimate of drug-likeness (QED) is 0.837. The first-order valence-corrected chi connectivity index (χ1v) is 9.09.